The smallest absolute Gasteiger partial charge is 0.295 e. The monoisotopic (exact) mass is 414 g/mol. The van der Waals surface area contributed by atoms with Crippen LogP contribution in [0, 0.1) is 5.82 Å². The third-order valence-corrected chi connectivity index (χ3v) is 4.51. The number of nitrogens with one attached hydrogen (secondary N) is 1. The Bertz CT molecular complexity index is 1090. The molecule has 150 valence electrons. The molecule has 0 spiro atoms. The van der Waals surface area contributed by atoms with E-state index in [2.05, 4.69) is 15.5 Å². The molecule has 3 rings (SSSR count). The molecule has 0 aliphatic rings. The van der Waals surface area contributed by atoms with Crippen LogP contribution in [0.5, 0.6) is 11.8 Å². The molecular weight excluding hydrogens is 395 g/mol. The van der Waals surface area contributed by atoms with E-state index in [0.717, 1.165) is 12.8 Å². The van der Waals surface area contributed by atoms with Crippen LogP contribution in [0.25, 0.3) is 10.8 Å². The Morgan fingerprint density at radius 2 is 1.79 bits per heavy atom. The zero-order valence-electron chi connectivity index (χ0n) is 15.6. The molecule has 3 N–H and O–H groups in total. The van der Waals surface area contributed by atoms with Crippen LogP contribution < -0.4 is 5.32 Å². The largest absolute Gasteiger partial charge is 0.494 e. The normalized spacial score (nSPS) is 11.2. The standard InChI is InChI=1S/C20H19FN4O3S/c1-2-3-10-25-18(27)15-9-4-12(11-16(15)19(25)28)17(26)23-24-20(29)22-14-7-5-13(21)6-8-14/h4-9,11,27-28H,2-3,10H2,1H3,(H,22,29). The maximum Gasteiger partial charge on any atom is 0.295 e. The number of aromatic nitrogens is 1. The van der Waals surface area contributed by atoms with E-state index in [0.29, 0.717) is 23.0 Å². The zero-order chi connectivity index (χ0) is 21.0. The van der Waals surface area contributed by atoms with Crippen LogP contribution >= 0.6 is 12.2 Å². The number of carbonyl (C=O) groups excluding carboxylic acids is 1. The van der Waals surface area contributed by atoms with E-state index in [1.54, 1.807) is 6.07 Å². The minimum absolute atomic E-state index is 0.0451. The van der Waals surface area contributed by atoms with E-state index in [1.807, 2.05) is 6.92 Å². The Morgan fingerprint density at radius 3 is 2.48 bits per heavy atom. The first kappa shape index (κ1) is 20.4. The SMILES string of the molecule is CCCCn1c(O)c2ccc(C(=O)N=NC(=S)Nc3ccc(F)cc3)cc2c1O. The number of amides is 1. The van der Waals surface area contributed by atoms with Crippen LogP contribution in [0.1, 0.15) is 30.1 Å². The summed E-state index contributed by atoms with van der Waals surface area (Å²) in [5, 5.41) is 31.4. The summed E-state index contributed by atoms with van der Waals surface area (Å²) in [6.07, 6.45) is 1.70. The highest BCUT2D eigenvalue weighted by Crippen LogP contribution is 2.37. The van der Waals surface area contributed by atoms with Gasteiger partial charge in [-0.15, -0.1) is 10.2 Å². The Balaban J connectivity index is 1.76. The fraction of sp³-hybridized carbons (Fsp3) is 0.200. The molecule has 7 nitrogen and oxygen atoms in total. The van der Waals surface area contributed by atoms with Gasteiger partial charge in [0.15, 0.2) is 0 Å². The van der Waals surface area contributed by atoms with Crippen LogP contribution in [0.4, 0.5) is 10.1 Å². The molecule has 0 unspecified atom stereocenters. The fourth-order valence-corrected chi connectivity index (χ4v) is 2.97. The van der Waals surface area contributed by atoms with Crippen molar-refractivity contribution < 1.29 is 19.4 Å². The van der Waals surface area contributed by atoms with Crippen molar-refractivity contribution in [1.29, 1.82) is 0 Å². The van der Waals surface area contributed by atoms with Crippen molar-refractivity contribution in [2.45, 2.75) is 26.3 Å². The summed E-state index contributed by atoms with van der Waals surface area (Å²) in [6.45, 7) is 2.48. The quantitative estimate of drug-likeness (QED) is 0.404. The van der Waals surface area contributed by atoms with E-state index in [1.165, 1.54) is 41.0 Å². The molecule has 1 aromatic heterocycles. The molecule has 0 saturated carbocycles. The third-order valence-electron chi connectivity index (χ3n) is 4.32. The van der Waals surface area contributed by atoms with Crippen molar-refractivity contribution >= 4 is 39.7 Å². The van der Waals surface area contributed by atoms with Gasteiger partial charge in [-0.3, -0.25) is 9.36 Å². The van der Waals surface area contributed by atoms with Gasteiger partial charge in [0.05, 0.1) is 0 Å². The van der Waals surface area contributed by atoms with E-state index in [-0.39, 0.29) is 28.3 Å². The summed E-state index contributed by atoms with van der Waals surface area (Å²) >= 11 is 5.00. The molecule has 0 aliphatic heterocycles. The van der Waals surface area contributed by atoms with Crippen LogP contribution in [-0.2, 0) is 6.54 Å². The number of benzene rings is 2. The minimum Gasteiger partial charge on any atom is -0.494 e. The van der Waals surface area contributed by atoms with Gasteiger partial charge in [-0.1, -0.05) is 13.3 Å². The molecule has 29 heavy (non-hydrogen) atoms. The average Bonchev–Trinajstić information content (AvgIpc) is 2.96. The van der Waals surface area contributed by atoms with Crippen molar-refractivity contribution in [3.63, 3.8) is 0 Å². The predicted octanol–water partition coefficient (Wildman–Crippen LogP) is 4.98. The molecule has 0 fully saturated rings. The highest BCUT2D eigenvalue weighted by molar-refractivity contribution is 7.80. The molecule has 1 amide bonds. The number of aromatic hydroxyl groups is 2. The van der Waals surface area contributed by atoms with E-state index in [9.17, 15) is 19.4 Å². The van der Waals surface area contributed by atoms with E-state index in [4.69, 9.17) is 12.2 Å². The molecule has 0 radical (unpaired) electrons. The van der Waals surface area contributed by atoms with Gasteiger partial charge in [0.2, 0.25) is 16.9 Å². The molecule has 1 heterocycles. The van der Waals surface area contributed by atoms with Crippen molar-refractivity contribution in [3.8, 4) is 11.8 Å². The third kappa shape index (κ3) is 4.57. The number of halogens is 1. The van der Waals surface area contributed by atoms with Crippen molar-refractivity contribution in [2.75, 3.05) is 5.32 Å². The number of hydrogen-bond donors (Lipinski definition) is 3. The minimum atomic E-state index is -0.657. The van der Waals surface area contributed by atoms with Gasteiger partial charge in [0.1, 0.15) is 5.82 Å². The predicted molar refractivity (Wildman–Crippen MR) is 112 cm³/mol. The van der Waals surface area contributed by atoms with Crippen LogP contribution in [0.2, 0.25) is 0 Å². The first-order chi connectivity index (χ1) is 13.9. The maximum absolute atomic E-state index is 12.9. The second-order valence-corrected chi connectivity index (χ2v) is 6.74. The number of nitrogens with zero attached hydrogens (tertiary/aromatic N) is 3. The lowest BCUT2D eigenvalue weighted by atomic mass is 10.1. The summed E-state index contributed by atoms with van der Waals surface area (Å²) in [5.41, 5.74) is 0.701. The number of carbonyl (C=O) groups is 1. The molecule has 2 aromatic carbocycles. The van der Waals surface area contributed by atoms with Gasteiger partial charge in [0.25, 0.3) is 5.91 Å². The summed E-state index contributed by atoms with van der Waals surface area (Å²) < 4.78 is 14.3. The van der Waals surface area contributed by atoms with Crippen LogP contribution in [-0.4, -0.2) is 25.8 Å². The number of thiocarbonyl (C=S) groups is 1. The van der Waals surface area contributed by atoms with Gasteiger partial charge < -0.3 is 15.5 Å². The topological polar surface area (TPSA) is 99.2 Å². The first-order valence-corrected chi connectivity index (χ1v) is 9.38. The average molecular weight is 414 g/mol. The molecule has 9 heteroatoms. The summed E-state index contributed by atoms with van der Waals surface area (Å²) in [7, 11) is 0. The summed E-state index contributed by atoms with van der Waals surface area (Å²) in [6, 6.07) is 9.96. The van der Waals surface area contributed by atoms with Crippen LogP contribution in [0.15, 0.2) is 52.7 Å². The van der Waals surface area contributed by atoms with Gasteiger partial charge in [-0.05, 0) is 61.1 Å². The number of azo groups is 1. The Hall–Kier alpha value is -3.33. The number of fused-ring (bicyclic) bond motifs is 1. The molecule has 0 bridgehead atoms. The molecule has 0 aliphatic carbocycles. The highest BCUT2D eigenvalue weighted by atomic mass is 32.1. The Morgan fingerprint density at radius 1 is 1.10 bits per heavy atom. The lowest BCUT2D eigenvalue weighted by Gasteiger charge is -2.04. The van der Waals surface area contributed by atoms with Gasteiger partial charge in [-0.25, -0.2) is 4.39 Å². The fourth-order valence-electron chi connectivity index (χ4n) is 2.81. The second kappa shape index (κ2) is 8.78. The molecular formula is C20H19FN4O3S. The van der Waals surface area contributed by atoms with Gasteiger partial charge in [0, 0.05) is 28.6 Å². The molecule has 0 atom stereocenters. The van der Waals surface area contributed by atoms with Gasteiger partial charge >= 0.3 is 0 Å². The first-order valence-electron chi connectivity index (χ1n) is 8.97. The lowest BCUT2D eigenvalue weighted by Crippen LogP contribution is -2.06. The Labute approximate surface area is 171 Å². The highest BCUT2D eigenvalue weighted by Gasteiger charge is 2.17. The van der Waals surface area contributed by atoms with E-state index >= 15 is 0 Å². The zero-order valence-corrected chi connectivity index (χ0v) is 16.4. The van der Waals surface area contributed by atoms with Crippen molar-refractivity contribution in [2.24, 2.45) is 10.2 Å². The Kier molecular flexibility index (Phi) is 6.18. The molecule has 0 saturated heterocycles. The number of anilines is 1. The van der Waals surface area contributed by atoms with Gasteiger partial charge in [-0.2, -0.15) is 0 Å². The number of rotatable bonds is 5. The summed E-state index contributed by atoms with van der Waals surface area (Å²) in [5.74, 6) is -1.19. The lowest BCUT2D eigenvalue weighted by molar-refractivity contribution is 0.0995. The van der Waals surface area contributed by atoms with E-state index < -0.39 is 5.91 Å². The van der Waals surface area contributed by atoms with Crippen molar-refractivity contribution in [3.05, 3.63) is 53.8 Å². The maximum atomic E-state index is 12.9. The second-order valence-electron chi connectivity index (χ2n) is 6.35. The number of hydrogen-bond acceptors (Lipinski definition) is 4. The molecule has 3 aromatic rings. The van der Waals surface area contributed by atoms with Crippen molar-refractivity contribution in [1.82, 2.24) is 4.57 Å². The van der Waals surface area contributed by atoms with Crippen LogP contribution in [0.3, 0.4) is 0 Å². The summed E-state index contributed by atoms with van der Waals surface area (Å²) in [4.78, 5) is 12.3. The number of unbranched alkanes of at least 4 members (excludes halogenated alkanes) is 1.